The van der Waals surface area contributed by atoms with Crippen molar-refractivity contribution >= 4 is 23.9 Å². The lowest BCUT2D eigenvalue weighted by molar-refractivity contribution is -0.150. The standard InChI is InChI=1S/C34H49N3O6/c1-23(2)19-27(36-33(41)43-34(5,6)7)31(39)37(8)29(21-25-15-11-9-12-16-25)30(38)35-28(20-24(3)4)32(40)42-22-26-17-13-10-14-18-26/h9-18,23-24,27-29H,19-22H2,1-8H3,(H,35,38)(H,36,41)/t27-,28+,29-/m0/s1/i8D. The van der Waals surface area contributed by atoms with Crippen LogP contribution in [0.3, 0.4) is 0 Å². The maximum Gasteiger partial charge on any atom is 0.408 e. The van der Waals surface area contributed by atoms with Gasteiger partial charge in [-0.1, -0.05) is 88.4 Å². The van der Waals surface area contributed by atoms with Crippen LogP contribution in [0.15, 0.2) is 60.7 Å². The van der Waals surface area contributed by atoms with Crippen LogP contribution < -0.4 is 10.6 Å². The van der Waals surface area contributed by atoms with Crippen LogP contribution >= 0.6 is 0 Å². The molecule has 0 aliphatic carbocycles. The number of benzene rings is 2. The Bertz CT molecular complexity index is 1200. The van der Waals surface area contributed by atoms with Crippen LogP contribution in [0.4, 0.5) is 4.79 Å². The number of rotatable bonds is 14. The highest BCUT2D eigenvalue weighted by molar-refractivity contribution is 5.93. The second-order valence-corrected chi connectivity index (χ2v) is 12.6. The van der Waals surface area contributed by atoms with E-state index in [1.807, 2.05) is 88.4 Å². The van der Waals surface area contributed by atoms with Gasteiger partial charge in [0.05, 0.1) is 0 Å². The van der Waals surface area contributed by atoms with Crippen molar-refractivity contribution in [1.82, 2.24) is 15.5 Å². The molecule has 0 radical (unpaired) electrons. The van der Waals surface area contributed by atoms with Crippen molar-refractivity contribution in [2.75, 3.05) is 7.02 Å². The van der Waals surface area contributed by atoms with Crippen molar-refractivity contribution in [2.24, 2.45) is 11.8 Å². The topological polar surface area (TPSA) is 114 Å². The Hall–Kier alpha value is -3.88. The van der Waals surface area contributed by atoms with Crippen molar-refractivity contribution < 1.29 is 30.0 Å². The van der Waals surface area contributed by atoms with E-state index in [-0.39, 0.29) is 31.3 Å². The van der Waals surface area contributed by atoms with Gasteiger partial charge in [0, 0.05) is 14.8 Å². The first-order valence-electron chi connectivity index (χ1n) is 15.5. The van der Waals surface area contributed by atoms with E-state index < -0.39 is 54.6 Å². The number of alkyl carbamates (subject to hydrolysis) is 1. The number of hydrogen-bond donors (Lipinski definition) is 2. The van der Waals surface area contributed by atoms with E-state index in [9.17, 15) is 19.2 Å². The third kappa shape index (κ3) is 12.9. The van der Waals surface area contributed by atoms with Gasteiger partial charge < -0.3 is 25.0 Å². The number of amides is 3. The number of carbonyl (C=O) groups excluding carboxylic acids is 4. The van der Waals surface area contributed by atoms with Crippen LogP contribution in [-0.4, -0.2) is 59.5 Å². The van der Waals surface area contributed by atoms with Crippen LogP contribution in [0.25, 0.3) is 0 Å². The summed E-state index contributed by atoms with van der Waals surface area (Å²) >= 11 is 0. The highest BCUT2D eigenvalue weighted by Crippen LogP contribution is 2.16. The molecule has 0 bridgehead atoms. The van der Waals surface area contributed by atoms with Gasteiger partial charge in [-0.3, -0.25) is 9.59 Å². The minimum Gasteiger partial charge on any atom is -0.459 e. The van der Waals surface area contributed by atoms with Gasteiger partial charge in [0.15, 0.2) is 0 Å². The fourth-order valence-corrected chi connectivity index (χ4v) is 4.46. The molecule has 0 unspecified atom stereocenters. The number of hydrogen-bond acceptors (Lipinski definition) is 6. The van der Waals surface area contributed by atoms with Crippen molar-refractivity contribution in [3.8, 4) is 0 Å². The van der Waals surface area contributed by atoms with E-state index >= 15 is 0 Å². The van der Waals surface area contributed by atoms with Gasteiger partial charge in [-0.15, -0.1) is 0 Å². The Morgan fingerprint density at radius 3 is 1.86 bits per heavy atom. The molecule has 2 N–H and O–H groups in total. The van der Waals surface area contributed by atoms with Gasteiger partial charge in [0.25, 0.3) is 0 Å². The molecular weight excluding hydrogens is 546 g/mol. The Balaban J connectivity index is 2.37. The average Bonchev–Trinajstić information content (AvgIpc) is 2.94. The molecule has 9 nitrogen and oxygen atoms in total. The molecule has 0 aliphatic rings. The predicted octanol–water partition coefficient (Wildman–Crippen LogP) is 5.27. The van der Waals surface area contributed by atoms with Gasteiger partial charge in [0.1, 0.15) is 30.3 Å². The van der Waals surface area contributed by atoms with E-state index in [1.54, 1.807) is 20.8 Å². The number of likely N-dealkylation sites (N-methyl/N-ethyl adjacent to an activating group) is 1. The minimum atomic E-state index is -1.13. The average molecular weight is 597 g/mol. The molecule has 3 atom stereocenters. The summed E-state index contributed by atoms with van der Waals surface area (Å²) in [7, 11) is -0.540. The molecule has 236 valence electrons. The summed E-state index contributed by atoms with van der Waals surface area (Å²) in [6, 6.07) is 15.3. The van der Waals surface area contributed by atoms with Gasteiger partial charge in [-0.05, 0) is 56.6 Å². The fraction of sp³-hybridized carbons (Fsp3) is 0.529. The number of carbonyl (C=O) groups is 4. The zero-order valence-corrected chi connectivity index (χ0v) is 26.6. The minimum absolute atomic E-state index is 0.0164. The van der Waals surface area contributed by atoms with E-state index in [2.05, 4.69) is 10.6 Å². The Labute approximate surface area is 258 Å². The summed E-state index contributed by atoms with van der Waals surface area (Å²) < 4.78 is 19.3. The van der Waals surface area contributed by atoms with E-state index in [4.69, 9.17) is 10.8 Å². The molecule has 0 fully saturated rings. The van der Waals surface area contributed by atoms with Gasteiger partial charge >= 0.3 is 12.1 Å². The van der Waals surface area contributed by atoms with E-state index in [1.165, 1.54) is 0 Å². The molecule has 2 aromatic rings. The van der Waals surface area contributed by atoms with Crippen LogP contribution in [0, 0.1) is 11.8 Å². The molecule has 0 saturated carbocycles. The monoisotopic (exact) mass is 596 g/mol. The second-order valence-electron chi connectivity index (χ2n) is 12.6. The molecule has 2 rings (SSSR count). The molecule has 9 heteroatoms. The third-order valence-electron chi connectivity index (χ3n) is 6.46. The van der Waals surface area contributed by atoms with Crippen LogP contribution in [-0.2, 0) is 36.9 Å². The summed E-state index contributed by atoms with van der Waals surface area (Å²) in [5.74, 6) is -1.68. The first-order chi connectivity index (χ1) is 20.7. The zero-order valence-electron chi connectivity index (χ0n) is 27.6. The highest BCUT2D eigenvalue weighted by Gasteiger charge is 2.35. The number of ether oxygens (including phenoxy) is 2. The van der Waals surface area contributed by atoms with Gasteiger partial charge in [0.2, 0.25) is 11.8 Å². The van der Waals surface area contributed by atoms with Crippen LogP contribution in [0.2, 0.25) is 0 Å². The smallest absolute Gasteiger partial charge is 0.408 e. The summed E-state index contributed by atoms with van der Waals surface area (Å²) in [6.45, 7) is 12.9. The number of nitrogens with one attached hydrogen (secondary N) is 2. The van der Waals surface area contributed by atoms with Crippen molar-refractivity contribution in [1.29, 1.82) is 0 Å². The van der Waals surface area contributed by atoms with Gasteiger partial charge in [-0.2, -0.15) is 0 Å². The molecule has 3 amide bonds. The largest absolute Gasteiger partial charge is 0.459 e. The molecule has 43 heavy (non-hydrogen) atoms. The molecule has 0 aliphatic heterocycles. The third-order valence-corrected chi connectivity index (χ3v) is 6.46. The van der Waals surface area contributed by atoms with Crippen molar-refractivity contribution in [3.05, 3.63) is 71.8 Å². The first-order valence-corrected chi connectivity index (χ1v) is 14.8. The molecule has 0 heterocycles. The van der Waals surface area contributed by atoms with Crippen molar-refractivity contribution in [3.63, 3.8) is 0 Å². The normalized spacial score (nSPS) is 13.8. The maximum absolute atomic E-state index is 14.0. The van der Waals surface area contributed by atoms with E-state index in [0.29, 0.717) is 6.42 Å². The lowest BCUT2D eigenvalue weighted by Gasteiger charge is -2.33. The Morgan fingerprint density at radius 2 is 1.35 bits per heavy atom. The van der Waals surface area contributed by atoms with E-state index in [0.717, 1.165) is 16.0 Å². The number of nitrogens with zero attached hydrogens (tertiary/aromatic N) is 1. The van der Waals surface area contributed by atoms with Crippen LogP contribution in [0.1, 0.15) is 73.8 Å². The summed E-state index contributed by atoms with van der Waals surface area (Å²) in [5.41, 5.74) is 0.810. The highest BCUT2D eigenvalue weighted by atomic mass is 16.6. The molecular formula is C34H49N3O6. The summed E-state index contributed by atoms with van der Waals surface area (Å²) in [5, 5.41) is 5.48. The predicted molar refractivity (Wildman–Crippen MR) is 167 cm³/mol. The zero-order chi connectivity index (χ0) is 32.9. The second kappa shape index (κ2) is 16.7. The van der Waals surface area contributed by atoms with Gasteiger partial charge in [-0.25, -0.2) is 9.59 Å². The number of esters is 1. The lowest BCUT2D eigenvalue weighted by Crippen LogP contribution is -2.57. The molecule has 0 aromatic heterocycles. The van der Waals surface area contributed by atoms with Crippen LogP contribution in [0.5, 0.6) is 0 Å². The Morgan fingerprint density at radius 1 is 0.814 bits per heavy atom. The summed E-state index contributed by atoms with van der Waals surface area (Å²) in [4.78, 5) is 54.9. The molecule has 0 saturated heterocycles. The fourth-order valence-electron chi connectivity index (χ4n) is 4.46. The lowest BCUT2D eigenvalue weighted by atomic mass is 9.99. The molecule has 0 spiro atoms. The SMILES string of the molecule is [2H]CN(C(=O)[C@H](CC(C)C)NC(=O)OC(C)(C)C)[C@@H](Cc1ccccc1)C(=O)N[C@H](CC(C)C)C(=O)OCc1ccccc1. The summed E-state index contributed by atoms with van der Waals surface area (Å²) in [6.07, 6.45) is -0.0621. The first kappa shape index (κ1) is 33.6. The Kier molecular flexibility index (Phi) is 13.0. The quantitative estimate of drug-likeness (QED) is 0.287. The van der Waals surface area contributed by atoms with Crippen molar-refractivity contribution in [2.45, 2.75) is 98.1 Å². The maximum atomic E-state index is 14.0. The molecule has 2 aromatic carbocycles.